The number of para-hydroxylation sites is 1. The first-order chi connectivity index (χ1) is 15.3. The van der Waals surface area contributed by atoms with Crippen molar-refractivity contribution in [3.05, 3.63) is 83.6 Å². The first-order valence-electron chi connectivity index (χ1n) is 10.4. The second-order valence-electron chi connectivity index (χ2n) is 7.38. The van der Waals surface area contributed by atoms with E-state index in [9.17, 15) is 4.79 Å². The van der Waals surface area contributed by atoms with Gasteiger partial charge in [-0.15, -0.1) is 0 Å². The molecule has 0 bridgehead atoms. The zero-order valence-electron chi connectivity index (χ0n) is 17.0. The molecule has 3 heterocycles. The minimum Gasteiger partial charge on any atom is -0.490 e. The van der Waals surface area contributed by atoms with Crippen LogP contribution in [0.1, 0.15) is 27.9 Å². The molecule has 0 atom stereocenters. The van der Waals surface area contributed by atoms with Crippen LogP contribution in [0.25, 0.3) is 5.70 Å². The van der Waals surface area contributed by atoms with E-state index in [2.05, 4.69) is 10.3 Å². The minimum absolute atomic E-state index is 0.179. The lowest BCUT2D eigenvalue weighted by atomic mass is 9.96. The van der Waals surface area contributed by atoms with Crippen molar-refractivity contribution in [3.63, 3.8) is 0 Å². The maximum absolute atomic E-state index is 13.2. The van der Waals surface area contributed by atoms with Gasteiger partial charge in [0.15, 0.2) is 17.3 Å². The van der Waals surface area contributed by atoms with Crippen LogP contribution in [0.2, 0.25) is 0 Å². The Morgan fingerprint density at radius 3 is 2.68 bits per heavy atom. The zero-order valence-corrected chi connectivity index (χ0v) is 17.0. The molecule has 0 aliphatic carbocycles. The maximum atomic E-state index is 13.2. The number of allylic oxidation sites excluding steroid dienone is 1. The number of aromatic nitrogens is 1. The van der Waals surface area contributed by atoms with Gasteiger partial charge in [0.25, 0.3) is 0 Å². The second-order valence-corrected chi connectivity index (χ2v) is 7.38. The Bertz CT molecular complexity index is 1140. The van der Waals surface area contributed by atoms with E-state index < -0.39 is 0 Å². The van der Waals surface area contributed by atoms with Gasteiger partial charge in [-0.3, -0.25) is 4.79 Å². The quantitative estimate of drug-likeness (QED) is 0.504. The van der Waals surface area contributed by atoms with E-state index in [4.69, 9.17) is 14.2 Å². The van der Waals surface area contributed by atoms with Crippen molar-refractivity contribution in [2.24, 2.45) is 0 Å². The third-order valence-electron chi connectivity index (χ3n) is 5.24. The molecule has 0 spiro atoms. The molecular weight excluding hydrogens is 392 g/mol. The number of fused-ring (bicyclic) bond motifs is 2. The molecule has 0 radical (unpaired) electrons. The van der Waals surface area contributed by atoms with Crippen LogP contribution in [0.5, 0.6) is 23.1 Å². The first-order valence-corrected chi connectivity index (χ1v) is 10.4. The summed E-state index contributed by atoms with van der Waals surface area (Å²) >= 11 is 0. The lowest BCUT2D eigenvalue weighted by Gasteiger charge is -2.23. The molecule has 2 aromatic carbocycles. The van der Waals surface area contributed by atoms with Crippen LogP contribution >= 0.6 is 0 Å². The summed E-state index contributed by atoms with van der Waals surface area (Å²) in [5.41, 5.74) is 3.26. The monoisotopic (exact) mass is 414 g/mol. The largest absolute Gasteiger partial charge is 0.490 e. The third kappa shape index (κ3) is 4.10. The molecule has 0 saturated heterocycles. The minimum atomic E-state index is -0.179. The fourth-order valence-corrected chi connectivity index (χ4v) is 3.73. The Balaban J connectivity index is 1.47. The van der Waals surface area contributed by atoms with Crippen LogP contribution < -0.4 is 19.5 Å². The van der Waals surface area contributed by atoms with E-state index in [1.165, 1.54) is 0 Å². The van der Waals surface area contributed by atoms with Crippen LogP contribution in [0, 0.1) is 0 Å². The standard InChI is InChI=1S/C25H22N2O4/c28-22(19-8-4-10-27-25(19)31-18-6-2-1-3-7-18)16-21-20-15-24-23(29-12-5-13-30-24)14-17(20)9-11-26-21/h1-4,6-8,10,14-16,26H,5,9,11-13H2. The molecule has 1 N–H and O–H groups in total. The number of hydrogen-bond acceptors (Lipinski definition) is 6. The number of benzene rings is 2. The molecule has 0 amide bonds. The van der Waals surface area contributed by atoms with Crippen molar-refractivity contribution in [1.29, 1.82) is 0 Å². The van der Waals surface area contributed by atoms with Crippen LogP contribution in [0.15, 0.2) is 66.9 Å². The van der Waals surface area contributed by atoms with Crippen molar-refractivity contribution in [2.45, 2.75) is 12.8 Å². The van der Waals surface area contributed by atoms with E-state index in [1.54, 1.807) is 24.4 Å². The summed E-state index contributed by atoms with van der Waals surface area (Å²) in [6.45, 7) is 2.01. The van der Waals surface area contributed by atoms with Gasteiger partial charge < -0.3 is 19.5 Å². The number of carbonyl (C=O) groups is 1. The Hall–Kier alpha value is -3.80. The SMILES string of the molecule is O=C(C=C1NCCc2cc3c(cc21)OCCCO3)c1cccnc1Oc1ccccc1. The molecule has 6 nitrogen and oxygen atoms in total. The smallest absolute Gasteiger partial charge is 0.230 e. The average Bonchev–Trinajstić information content (AvgIpc) is 3.04. The van der Waals surface area contributed by atoms with Gasteiger partial charge in [-0.1, -0.05) is 18.2 Å². The predicted molar refractivity (Wildman–Crippen MR) is 117 cm³/mol. The number of pyridine rings is 1. The Labute approximate surface area is 180 Å². The fraction of sp³-hybridized carbons (Fsp3) is 0.200. The van der Waals surface area contributed by atoms with Crippen molar-refractivity contribution in [1.82, 2.24) is 10.3 Å². The van der Waals surface area contributed by atoms with Crippen LogP contribution in [-0.2, 0) is 6.42 Å². The summed E-state index contributed by atoms with van der Waals surface area (Å²) in [5, 5.41) is 3.35. The van der Waals surface area contributed by atoms with Gasteiger partial charge in [0.05, 0.1) is 18.8 Å². The summed E-state index contributed by atoms with van der Waals surface area (Å²) in [6, 6.07) is 16.8. The molecule has 6 heteroatoms. The van der Waals surface area contributed by atoms with Crippen molar-refractivity contribution in [3.8, 4) is 23.1 Å². The summed E-state index contributed by atoms with van der Waals surface area (Å²) in [4.78, 5) is 17.5. The van der Waals surface area contributed by atoms with E-state index in [-0.39, 0.29) is 11.7 Å². The predicted octanol–water partition coefficient (Wildman–Crippen LogP) is 4.40. The zero-order chi connectivity index (χ0) is 21.0. The van der Waals surface area contributed by atoms with Crippen molar-refractivity contribution < 1.29 is 19.0 Å². The molecule has 2 aliphatic heterocycles. The number of rotatable bonds is 4. The van der Waals surface area contributed by atoms with E-state index >= 15 is 0 Å². The number of ether oxygens (including phenoxy) is 3. The Morgan fingerprint density at radius 1 is 1.03 bits per heavy atom. The second kappa shape index (κ2) is 8.52. The molecule has 5 rings (SSSR count). The topological polar surface area (TPSA) is 69.7 Å². The van der Waals surface area contributed by atoms with Crippen LogP contribution in [0.4, 0.5) is 0 Å². The molecule has 3 aromatic rings. The average molecular weight is 414 g/mol. The molecule has 0 fully saturated rings. The summed E-state index contributed by atoms with van der Waals surface area (Å²) in [5.74, 6) is 2.22. The van der Waals surface area contributed by atoms with Crippen molar-refractivity contribution in [2.75, 3.05) is 19.8 Å². The highest BCUT2D eigenvalue weighted by atomic mass is 16.5. The van der Waals surface area contributed by atoms with Gasteiger partial charge in [0.2, 0.25) is 5.88 Å². The van der Waals surface area contributed by atoms with Gasteiger partial charge in [-0.25, -0.2) is 4.98 Å². The number of nitrogens with zero attached hydrogens (tertiary/aromatic N) is 1. The summed E-state index contributed by atoms with van der Waals surface area (Å²) in [7, 11) is 0. The Kier molecular flexibility index (Phi) is 5.27. The normalized spacial score (nSPS) is 16.1. The van der Waals surface area contributed by atoms with Crippen LogP contribution in [-0.4, -0.2) is 30.5 Å². The van der Waals surface area contributed by atoms with E-state index in [1.807, 2.05) is 42.5 Å². The number of ketones is 1. The van der Waals surface area contributed by atoms with Gasteiger partial charge in [-0.2, -0.15) is 0 Å². The van der Waals surface area contributed by atoms with Gasteiger partial charge in [0.1, 0.15) is 5.75 Å². The number of nitrogens with one attached hydrogen (secondary N) is 1. The summed E-state index contributed by atoms with van der Waals surface area (Å²) in [6.07, 6.45) is 4.93. The highest BCUT2D eigenvalue weighted by molar-refractivity contribution is 6.10. The molecule has 31 heavy (non-hydrogen) atoms. The third-order valence-corrected chi connectivity index (χ3v) is 5.24. The van der Waals surface area contributed by atoms with E-state index in [0.29, 0.717) is 30.3 Å². The fourth-order valence-electron chi connectivity index (χ4n) is 3.73. The van der Waals surface area contributed by atoms with Crippen molar-refractivity contribution >= 4 is 11.5 Å². The van der Waals surface area contributed by atoms with Gasteiger partial charge in [-0.05, 0) is 48.4 Å². The Morgan fingerprint density at radius 2 is 1.84 bits per heavy atom. The van der Waals surface area contributed by atoms with E-state index in [0.717, 1.165) is 42.0 Å². The maximum Gasteiger partial charge on any atom is 0.230 e. The van der Waals surface area contributed by atoms with Gasteiger partial charge in [0, 0.05) is 36.5 Å². The highest BCUT2D eigenvalue weighted by Crippen LogP contribution is 2.36. The molecule has 0 saturated carbocycles. The first kappa shape index (κ1) is 19.2. The molecular formula is C25H22N2O4. The highest BCUT2D eigenvalue weighted by Gasteiger charge is 2.22. The molecule has 156 valence electrons. The number of carbonyl (C=O) groups excluding carboxylic acids is 1. The van der Waals surface area contributed by atoms with Crippen LogP contribution in [0.3, 0.4) is 0 Å². The molecule has 0 unspecified atom stereocenters. The number of hydrogen-bond donors (Lipinski definition) is 1. The lowest BCUT2D eigenvalue weighted by Crippen LogP contribution is -2.23. The molecule has 1 aromatic heterocycles. The summed E-state index contributed by atoms with van der Waals surface area (Å²) < 4.78 is 17.5. The lowest BCUT2D eigenvalue weighted by molar-refractivity contribution is 0.104. The van der Waals surface area contributed by atoms with Gasteiger partial charge >= 0.3 is 0 Å². The molecule has 2 aliphatic rings.